The van der Waals surface area contributed by atoms with Crippen LogP contribution in [-0.2, 0) is 9.59 Å². The molecule has 0 aromatic heterocycles. The minimum absolute atomic E-state index is 0.0498. The number of aliphatic hydroxyl groups excluding tert-OH is 1. The molecule has 0 heterocycles. The number of amides is 1. The van der Waals surface area contributed by atoms with Gasteiger partial charge in [0, 0.05) is 12.5 Å². The van der Waals surface area contributed by atoms with E-state index < -0.39 is 24.0 Å². The first-order chi connectivity index (χ1) is 7.25. The van der Waals surface area contributed by atoms with Crippen molar-refractivity contribution in [3.05, 3.63) is 0 Å². The summed E-state index contributed by atoms with van der Waals surface area (Å²) in [5, 5.41) is 20.1. The lowest BCUT2D eigenvalue weighted by Crippen LogP contribution is -2.49. The van der Waals surface area contributed by atoms with Gasteiger partial charge in [-0.25, -0.2) is 4.79 Å². The standard InChI is InChI=1S/C10H20N2O4/c1-5(2)7(11)4-8(14)12-9(6(3)13)10(15)16/h5-7,9,13H,4,11H2,1-3H3,(H,12,14)(H,15,16)/t6-,7?,9+/m1/s1. The molecule has 0 aliphatic rings. The number of rotatable bonds is 6. The van der Waals surface area contributed by atoms with Crippen molar-refractivity contribution >= 4 is 11.9 Å². The van der Waals surface area contributed by atoms with Crippen molar-refractivity contribution in [3.8, 4) is 0 Å². The minimum Gasteiger partial charge on any atom is -0.480 e. The number of aliphatic hydroxyl groups is 1. The molecule has 0 aromatic rings. The highest BCUT2D eigenvalue weighted by molar-refractivity contribution is 5.84. The molecule has 0 saturated heterocycles. The molecule has 0 aliphatic carbocycles. The number of carbonyl (C=O) groups is 2. The summed E-state index contributed by atoms with van der Waals surface area (Å²) in [6.45, 7) is 5.06. The zero-order chi connectivity index (χ0) is 12.9. The fourth-order valence-corrected chi connectivity index (χ4v) is 1.07. The van der Waals surface area contributed by atoms with Gasteiger partial charge in [0.05, 0.1) is 6.10 Å². The molecule has 6 nitrogen and oxygen atoms in total. The zero-order valence-electron chi connectivity index (χ0n) is 9.80. The zero-order valence-corrected chi connectivity index (χ0v) is 9.80. The van der Waals surface area contributed by atoms with Crippen LogP contribution < -0.4 is 11.1 Å². The molecule has 5 N–H and O–H groups in total. The van der Waals surface area contributed by atoms with Crippen LogP contribution in [0.15, 0.2) is 0 Å². The first-order valence-electron chi connectivity index (χ1n) is 5.21. The molecule has 1 unspecified atom stereocenters. The van der Waals surface area contributed by atoms with Gasteiger partial charge in [-0.2, -0.15) is 0 Å². The summed E-state index contributed by atoms with van der Waals surface area (Å²) in [6.07, 6.45) is -1.09. The summed E-state index contributed by atoms with van der Waals surface area (Å²) in [4.78, 5) is 22.1. The van der Waals surface area contributed by atoms with E-state index >= 15 is 0 Å². The Morgan fingerprint density at radius 2 is 1.81 bits per heavy atom. The molecule has 0 aromatic carbocycles. The topological polar surface area (TPSA) is 113 Å². The number of carboxylic acid groups (broad SMARTS) is 1. The Bertz CT molecular complexity index is 253. The largest absolute Gasteiger partial charge is 0.480 e. The molecule has 6 heteroatoms. The van der Waals surface area contributed by atoms with Crippen LogP contribution in [0.2, 0.25) is 0 Å². The third kappa shape index (κ3) is 5.09. The molecule has 3 atom stereocenters. The Morgan fingerprint density at radius 1 is 1.31 bits per heavy atom. The van der Waals surface area contributed by atoms with E-state index in [-0.39, 0.29) is 18.4 Å². The smallest absolute Gasteiger partial charge is 0.328 e. The highest BCUT2D eigenvalue weighted by Gasteiger charge is 2.25. The van der Waals surface area contributed by atoms with Crippen LogP contribution >= 0.6 is 0 Å². The molecule has 0 saturated carbocycles. The third-order valence-corrected chi connectivity index (χ3v) is 2.34. The quantitative estimate of drug-likeness (QED) is 0.484. The predicted octanol–water partition coefficient (Wildman–Crippen LogP) is -0.690. The van der Waals surface area contributed by atoms with E-state index in [1.54, 1.807) is 0 Å². The van der Waals surface area contributed by atoms with Gasteiger partial charge in [0.25, 0.3) is 0 Å². The Morgan fingerprint density at radius 3 is 2.12 bits per heavy atom. The van der Waals surface area contributed by atoms with Crippen molar-refractivity contribution in [1.29, 1.82) is 0 Å². The maximum atomic E-state index is 11.4. The van der Waals surface area contributed by atoms with Crippen LogP contribution in [-0.4, -0.2) is 40.3 Å². The molecule has 0 fully saturated rings. The maximum Gasteiger partial charge on any atom is 0.328 e. The second-order valence-electron chi connectivity index (χ2n) is 4.24. The normalized spacial score (nSPS) is 16.6. The molecule has 0 radical (unpaired) electrons. The van der Waals surface area contributed by atoms with E-state index in [2.05, 4.69) is 5.32 Å². The fraction of sp³-hybridized carbons (Fsp3) is 0.800. The van der Waals surface area contributed by atoms with Crippen molar-refractivity contribution in [2.75, 3.05) is 0 Å². The Balaban J connectivity index is 4.26. The summed E-state index contributed by atoms with van der Waals surface area (Å²) in [6, 6.07) is -1.60. The average molecular weight is 232 g/mol. The molecule has 0 bridgehead atoms. The van der Waals surface area contributed by atoms with Gasteiger partial charge in [-0.1, -0.05) is 13.8 Å². The molecule has 1 amide bonds. The van der Waals surface area contributed by atoms with Crippen LogP contribution in [0.3, 0.4) is 0 Å². The minimum atomic E-state index is -1.29. The van der Waals surface area contributed by atoms with Gasteiger partial charge < -0.3 is 21.3 Å². The number of nitrogens with two attached hydrogens (primary N) is 1. The summed E-state index contributed by atoms with van der Waals surface area (Å²) in [5.41, 5.74) is 5.67. The van der Waals surface area contributed by atoms with Gasteiger partial charge in [-0.05, 0) is 12.8 Å². The summed E-state index contributed by atoms with van der Waals surface area (Å²) in [7, 11) is 0. The van der Waals surface area contributed by atoms with Gasteiger partial charge in [-0.3, -0.25) is 4.79 Å². The van der Waals surface area contributed by atoms with E-state index in [9.17, 15) is 9.59 Å². The number of aliphatic carboxylic acids is 1. The number of nitrogens with one attached hydrogen (secondary N) is 1. The second-order valence-corrected chi connectivity index (χ2v) is 4.24. The lowest BCUT2D eigenvalue weighted by Gasteiger charge is -2.19. The number of carbonyl (C=O) groups excluding carboxylic acids is 1. The fourth-order valence-electron chi connectivity index (χ4n) is 1.07. The van der Waals surface area contributed by atoms with Gasteiger partial charge >= 0.3 is 5.97 Å². The first-order valence-corrected chi connectivity index (χ1v) is 5.21. The molecular weight excluding hydrogens is 212 g/mol. The third-order valence-electron chi connectivity index (χ3n) is 2.34. The number of carboxylic acids is 1. The van der Waals surface area contributed by atoms with Crippen molar-refractivity contribution in [3.63, 3.8) is 0 Å². The molecule has 0 aliphatic heterocycles. The lowest BCUT2D eigenvalue weighted by molar-refractivity contribution is -0.144. The SMILES string of the molecule is CC(C)C(N)CC(=O)N[C@H](C(=O)O)[C@@H](C)O. The van der Waals surface area contributed by atoms with E-state index in [0.717, 1.165) is 0 Å². The van der Waals surface area contributed by atoms with Crippen LogP contribution in [0, 0.1) is 5.92 Å². The van der Waals surface area contributed by atoms with E-state index in [4.69, 9.17) is 15.9 Å². The predicted molar refractivity (Wildman–Crippen MR) is 58.7 cm³/mol. The monoisotopic (exact) mass is 232 g/mol. The Kier molecular flexibility index (Phi) is 5.98. The summed E-state index contributed by atoms with van der Waals surface area (Å²) >= 11 is 0. The summed E-state index contributed by atoms with van der Waals surface area (Å²) < 4.78 is 0. The summed E-state index contributed by atoms with van der Waals surface area (Å²) in [5.74, 6) is -1.59. The number of hydrogen-bond donors (Lipinski definition) is 4. The van der Waals surface area contributed by atoms with Crippen molar-refractivity contribution in [1.82, 2.24) is 5.32 Å². The van der Waals surface area contributed by atoms with Crippen LogP contribution in [0.1, 0.15) is 27.2 Å². The van der Waals surface area contributed by atoms with Crippen molar-refractivity contribution in [2.45, 2.75) is 45.4 Å². The highest BCUT2D eigenvalue weighted by Crippen LogP contribution is 2.03. The highest BCUT2D eigenvalue weighted by atomic mass is 16.4. The molecule has 0 rings (SSSR count). The van der Waals surface area contributed by atoms with Crippen LogP contribution in [0.5, 0.6) is 0 Å². The van der Waals surface area contributed by atoms with Gasteiger partial charge in [0.15, 0.2) is 6.04 Å². The average Bonchev–Trinajstić information content (AvgIpc) is 2.12. The van der Waals surface area contributed by atoms with Gasteiger partial charge in [0.2, 0.25) is 5.91 Å². The van der Waals surface area contributed by atoms with E-state index in [1.165, 1.54) is 6.92 Å². The first kappa shape index (κ1) is 14.9. The van der Waals surface area contributed by atoms with E-state index in [1.807, 2.05) is 13.8 Å². The maximum absolute atomic E-state index is 11.4. The molecule has 16 heavy (non-hydrogen) atoms. The van der Waals surface area contributed by atoms with Gasteiger partial charge in [0.1, 0.15) is 0 Å². The molecule has 0 spiro atoms. The second kappa shape index (κ2) is 6.44. The Labute approximate surface area is 94.8 Å². The molecular formula is C10H20N2O4. The van der Waals surface area contributed by atoms with E-state index in [0.29, 0.717) is 0 Å². The lowest BCUT2D eigenvalue weighted by atomic mass is 10.0. The van der Waals surface area contributed by atoms with Crippen molar-refractivity contribution in [2.24, 2.45) is 11.7 Å². The molecule has 94 valence electrons. The van der Waals surface area contributed by atoms with Crippen LogP contribution in [0.25, 0.3) is 0 Å². The number of hydrogen-bond acceptors (Lipinski definition) is 4. The Hall–Kier alpha value is -1.14. The van der Waals surface area contributed by atoms with Gasteiger partial charge in [-0.15, -0.1) is 0 Å². The van der Waals surface area contributed by atoms with Crippen molar-refractivity contribution < 1.29 is 19.8 Å². The van der Waals surface area contributed by atoms with Crippen LogP contribution in [0.4, 0.5) is 0 Å².